The number of aryl methyl sites for hydroxylation is 1. The minimum atomic E-state index is -0.968. The molecule has 45 heavy (non-hydrogen) atoms. The number of aliphatic hydroxyl groups excluding tert-OH is 1. The highest BCUT2D eigenvalue weighted by molar-refractivity contribution is 6.43. The molecule has 4 atom stereocenters. The van der Waals surface area contributed by atoms with E-state index in [1.165, 1.54) is 0 Å². The van der Waals surface area contributed by atoms with Crippen molar-refractivity contribution in [2.24, 2.45) is 5.92 Å². The first-order valence-corrected chi connectivity index (χ1v) is 16.7. The third-order valence-electron chi connectivity index (χ3n) is 9.87. The number of likely N-dealkylation sites (tertiary alicyclic amines) is 1. The molecule has 0 bridgehead atoms. The number of halogens is 3. The second kappa shape index (κ2) is 11.9. The Morgan fingerprint density at radius 1 is 1.20 bits per heavy atom. The van der Waals surface area contributed by atoms with Gasteiger partial charge in [-0.1, -0.05) is 35.3 Å². The van der Waals surface area contributed by atoms with Crippen molar-refractivity contribution >= 4 is 50.9 Å². The molecule has 7 rings (SSSR count). The molecule has 234 valence electrons. The summed E-state index contributed by atoms with van der Waals surface area (Å²) in [4.78, 5) is 20.5. The van der Waals surface area contributed by atoms with Gasteiger partial charge < -0.3 is 19.9 Å². The fourth-order valence-electron chi connectivity index (χ4n) is 7.57. The SMILES string of the molecule is CC(O)c1nc2c(F)c(-c3cccc(Cl)c3Cl)c(CCC#N)cc2c2c1cc(C1CCC(C)N1C(=O)C1CC1)n2C1CCNC1. The van der Waals surface area contributed by atoms with Crippen molar-refractivity contribution < 1.29 is 14.3 Å². The third-order valence-corrected chi connectivity index (χ3v) is 10.7. The van der Waals surface area contributed by atoms with Gasteiger partial charge in [0.1, 0.15) is 5.52 Å². The number of aliphatic hydroxyl groups is 1. The number of carbonyl (C=O) groups is 1. The van der Waals surface area contributed by atoms with Gasteiger partial charge in [-0.15, -0.1) is 0 Å². The molecule has 4 aromatic rings. The van der Waals surface area contributed by atoms with E-state index in [1.54, 1.807) is 25.1 Å². The van der Waals surface area contributed by atoms with Gasteiger partial charge in [0.15, 0.2) is 5.82 Å². The van der Waals surface area contributed by atoms with Gasteiger partial charge in [-0.2, -0.15) is 5.26 Å². The van der Waals surface area contributed by atoms with E-state index in [9.17, 15) is 15.2 Å². The van der Waals surface area contributed by atoms with Crippen LogP contribution in [-0.2, 0) is 11.2 Å². The van der Waals surface area contributed by atoms with Crippen molar-refractivity contribution in [1.82, 2.24) is 19.8 Å². The average molecular weight is 649 g/mol. The highest BCUT2D eigenvalue weighted by atomic mass is 35.5. The minimum Gasteiger partial charge on any atom is -0.387 e. The molecule has 1 aliphatic carbocycles. The first-order valence-electron chi connectivity index (χ1n) is 15.9. The van der Waals surface area contributed by atoms with E-state index in [4.69, 9.17) is 28.2 Å². The molecular weight excluding hydrogens is 612 g/mol. The van der Waals surface area contributed by atoms with Crippen LogP contribution in [0.25, 0.3) is 32.9 Å². The van der Waals surface area contributed by atoms with Crippen molar-refractivity contribution in [1.29, 1.82) is 5.26 Å². The normalized spacial score (nSPS) is 22.4. The Labute approximate surface area is 271 Å². The molecule has 10 heteroatoms. The summed E-state index contributed by atoms with van der Waals surface area (Å²) < 4.78 is 19.4. The summed E-state index contributed by atoms with van der Waals surface area (Å²) in [7, 11) is 0. The smallest absolute Gasteiger partial charge is 0.226 e. The van der Waals surface area contributed by atoms with Crippen molar-refractivity contribution in [2.75, 3.05) is 13.1 Å². The van der Waals surface area contributed by atoms with Crippen LogP contribution in [0.1, 0.15) is 87.5 Å². The quantitative estimate of drug-likeness (QED) is 0.213. The lowest BCUT2D eigenvalue weighted by molar-refractivity contribution is -0.135. The van der Waals surface area contributed by atoms with Crippen molar-refractivity contribution in [2.45, 2.75) is 83.0 Å². The number of benzene rings is 2. The van der Waals surface area contributed by atoms with Crippen LogP contribution in [0, 0.1) is 23.1 Å². The Morgan fingerprint density at radius 2 is 2.00 bits per heavy atom. The van der Waals surface area contributed by atoms with Gasteiger partial charge in [0, 0.05) is 58.6 Å². The molecule has 0 spiro atoms. The monoisotopic (exact) mass is 647 g/mol. The summed E-state index contributed by atoms with van der Waals surface area (Å²) in [5, 5.41) is 26.0. The third kappa shape index (κ3) is 5.09. The summed E-state index contributed by atoms with van der Waals surface area (Å²) in [6.45, 7) is 5.36. The first-order chi connectivity index (χ1) is 21.7. The number of rotatable bonds is 7. The molecule has 7 nitrogen and oxygen atoms in total. The molecule has 2 aromatic carbocycles. The maximum atomic E-state index is 17.1. The molecule has 1 amide bonds. The van der Waals surface area contributed by atoms with Crippen LogP contribution < -0.4 is 5.32 Å². The van der Waals surface area contributed by atoms with Gasteiger partial charge in [0.25, 0.3) is 0 Å². The minimum absolute atomic E-state index is 0.0754. The van der Waals surface area contributed by atoms with Crippen LogP contribution >= 0.6 is 23.2 Å². The molecule has 4 heterocycles. The number of hydrogen-bond donors (Lipinski definition) is 2. The van der Waals surface area contributed by atoms with Crippen molar-refractivity contribution in [3.05, 3.63) is 63.1 Å². The van der Waals surface area contributed by atoms with Gasteiger partial charge >= 0.3 is 0 Å². The predicted molar refractivity (Wildman–Crippen MR) is 175 cm³/mol. The van der Waals surface area contributed by atoms with Gasteiger partial charge in [0.05, 0.1) is 39.5 Å². The summed E-state index contributed by atoms with van der Waals surface area (Å²) in [5.41, 5.74) is 3.67. The highest BCUT2D eigenvalue weighted by Crippen LogP contribution is 2.47. The number of hydrogen-bond acceptors (Lipinski definition) is 5. The van der Waals surface area contributed by atoms with E-state index in [2.05, 4.69) is 33.8 Å². The Hall–Kier alpha value is -3.22. The largest absolute Gasteiger partial charge is 0.387 e. The molecule has 0 radical (unpaired) electrons. The molecular formula is C35H36Cl2FN5O2. The Balaban J connectivity index is 1.56. The summed E-state index contributed by atoms with van der Waals surface area (Å²) in [5.74, 6) is -0.242. The van der Waals surface area contributed by atoms with E-state index < -0.39 is 11.9 Å². The number of nitriles is 1. The van der Waals surface area contributed by atoms with Crippen LogP contribution in [0.2, 0.25) is 10.0 Å². The van der Waals surface area contributed by atoms with Gasteiger partial charge in [0.2, 0.25) is 5.91 Å². The fourth-order valence-corrected chi connectivity index (χ4v) is 7.96. The molecule has 2 aliphatic heterocycles. The van der Waals surface area contributed by atoms with Crippen molar-refractivity contribution in [3.8, 4) is 17.2 Å². The topological polar surface area (TPSA) is 94.2 Å². The maximum Gasteiger partial charge on any atom is 0.226 e. The lowest BCUT2D eigenvalue weighted by Gasteiger charge is -2.31. The number of nitrogens with one attached hydrogen (secondary N) is 1. The average Bonchev–Trinajstić information content (AvgIpc) is 3.39. The van der Waals surface area contributed by atoms with Crippen molar-refractivity contribution in [3.63, 3.8) is 0 Å². The summed E-state index contributed by atoms with van der Waals surface area (Å²) >= 11 is 13.0. The molecule has 4 unspecified atom stereocenters. The standard InChI is InChI=1S/C35H36Cl2FN5O2/c1-18-8-11-27(42(18)35(45)20-9-10-20)28-16-25-32(19(2)44)41-33-24(34(25)43(28)22-12-14-40-17-22)15-21(5-4-13-39)29(31(33)38)23-6-3-7-26(36)30(23)37/h3,6-7,15-16,18-20,22,27,40,44H,4-5,8-12,14,17H2,1-2H3. The summed E-state index contributed by atoms with van der Waals surface area (Å²) in [6.07, 6.45) is 4.04. The molecule has 3 aliphatic rings. The number of nitrogens with zero attached hydrogens (tertiary/aromatic N) is 4. The van der Waals surface area contributed by atoms with Crippen LogP contribution in [0.15, 0.2) is 30.3 Å². The Morgan fingerprint density at radius 3 is 2.69 bits per heavy atom. The van der Waals surface area contributed by atoms with Gasteiger partial charge in [-0.05, 0) is 82.7 Å². The zero-order valence-electron chi connectivity index (χ0n) is 25.4. The van der Waals surface area contributed by atoms with Gasteiger partial charge in [-0.3, -0.25) is 4.79 Å². The zero-order valence-corrected chi connectivity index (χ0v) is 26.9. The second-order valence-electron chi connectivity index (χ2n) is 12.9. The number of carbonyl (C=O) groups excluding carboxylic acids is 1. The summed E-state index contributed by atoms with van der Waals surface area (Å²) in [6, 6.07) is 11.4. The number of fused-ring (bicyclic) bond motifs is 3. The van der Waals surface area contributed by atoms with Crippen LogP contribution in [0.5, 0.6) is 0 Å². The van der Waals surface area contributed by atoms with E-state index in [0.717, 1.165) is 61.8 Å². The van der Waals surface area contributed by atoms with Gasteiger partial charge in [-0.25, -0.2) is 9.37 Å². The molecule has 2 aromatic heterocycles. The Kier molecular flexibility index (Phi) is 8.02. The predicted octanol–water partition coefficient (Wildman–Crippen LogP) is 7.81. The van der Waals surface area contributed by atoms with E-state index in [1.807, 2.05) is 6.07 Å². The van der Waals surface area contributed by atoms with E-state index in [0.29, 0.717) is 33.7 Å². The molecule has 3 fully saturated rings. The molecule has 1 saturated carbocycles. The Bertz CT molecular complexity index is 1870. The number of amides is 1. The van der Waals surface area contributed by atoms with Crippen LogP contribution in [0.4, 0.5) is 4.39 Å². The molecule has 2 N–H and O–H groups in total. The fraction of sp³-hybridized carbons (Fsp3) is 0.457. The maximum absolute atomic E-state index is 17.1. The molecule has 2 saturated heterocycles. The van der Waals surface area contributed by atoms with Crippen LogP contribution in [0.3, 0.4) is 0 Å². The first kappa shape index (κ1) is 30.4. The zero-order chi connectivity index (χ0) is 31.6. The number of pyridine rings is 1. The van der Waals surface area contributed by atoms with E-state index in [-0.39, 0.29) is 52.5 Å². The lowest BCUT2D eigenvalue weighted by atomic mass is 9.92. The van der Waals surface area contributed by atoms with Crippen LogP contribution in [-0.4, -0.2) is 44.6 Å². The highest BCUT2D eigenvalue weighted by Gasteiger charge is 2.44. The lowest BCUT2D eigenvalue weighted by Crippen LogP contribution is -2.37. The van der Waals surface area contributed by atoms with E-state index >= 15 is 4.39 Å². The number of aromatic nitrogens is 2. The second-order valence-corrected chi connectivity index (χ2v) is 13.6.